The molecule has 0 amide bonds. The molecule has 0 saturated carbocycles. The summed E-state index contributed by atoms with van der Waals surface area (Å²) in [6, 6.07) is 21.3. The van der Waals surface area contributed by atoms with Crippen LogP contribution in [0.25, 0.3) is 0 Å². The van der Waals surface area contributed by atoms with E-state index < -0.39 is 8.32 Å². The van der Waals surface area contributed by atoms with E-state index in [-0.39, 0.29) is 23.0 Å². The van der Waals surface area contributed by atoms with E-state index in [9.17, 15) is 4.79 Å². The molecule has 1 saturated heterocycles. The number of carbonyl (C=O) groups is 1. The van der Waals surface area contributed by atoms with Gasteiger partial charge in [-0.15, -0.1) is 0 Å². The van der Waals surface area contributed by atoms with E-state index in [1.165, 1.54) is 10.4 Å². The van der Waals surface area contributed by atoms with E-state index in [4.69, 9.17) is 9.16 Å². The zero-order chi connectivity index (χ0) is 21.1. The van der Waals surface area contributed by atoms with Crippen molar-refractivity contribution in [2.75, 3.05) is 6.61 Å². The summed E-state index contributed by atoms with van der Waals surface area (Å²) in [6.07, 6.45) is 1.35. The van der Waals surface area contributed by atoms with Gasteiger partial charge in [0, 0.05) is 18.9 Å². The number of hydrogen-bond acceptors (Lipinski definition) is 3. The number of hydrogen-bond donors (Lipinski definition) is 0. The van der Waals surface area contributed by atoms with Gasteiger partial charge in [0.2, 0.25) is 0 Å². The Labute approximate surface area is 176 Å². The van der Waals surface area contributed by atoms with E-state index in [2.05, 4.69) is 95.3 Å². The molecule has 1 aliphatic heterocycles. The van der Waals surface area contributed by atoms with Crippen LogP contribution in [0.5, 0.6) is 0 Å². The van der Waals surface area contributed by atoms with Crippen molar-refractivity contribution >= 4 is 24.7 Å². The van der Waals surface area contributed by atoms with Crippen LogP contribution in [0.1, 0.15) is 47.5 Å². The van der Waals surface area contributed by atoms with Crippen LogP contribution in [0.2, 0.25) is 5.04 Å². The Balaban J connectivity index is 1.96. The van der Waals surface area contributed by atoms with Gasteiger partial charge in [-0.1, -0.05) is 95.3 Å². The highest BCUT2D eigenvalue weighted by molar-refractivity contribution is 6.99. The predicted octanol–water partition coefficient (Wildman–Crippen LogP) is 4.54. The summed E-state index contributed by atoms with van der Waals surface area (Å²) in [5.74, 6) is 0.437. The Morgan fingerprint density at radius 1 is 1.03 bits per heavy atom. The molecule has 2 aromatic rings. The van der Waals surface area contributed by atoms with E-state index >= 15 is 0 Å². The first kappa shape index (κ1) is 21.8. The Morgan fingerprint density at radius 2 is 1.55 bits per heavy atom. The van der Waals surface area contributed by atoms with Gasteiger partial charge in [-0.25, -0.2) is 0 Å². The maximum Gasteiger partial charge on any atom is 0.306 e. The molecule has 2 aromatic carbocycles. The van der Waals surface area contributed by atoms with Crippen molar-refractivity contribution in [1.82, 2.24) is 0 Å². The quantitative estimate of drug-likeness (QED) is 0.518. The number of benzene rings is 2. The average molecular weight is 411 g/mol. The molecular weight excluding hydrogens is 376 g/mol. The van der Waals surface area contributed by atoms with Crippen LogP contribution in [0.15, 0.2) is 60.7 Å². The first-order valence-electron chi connectivity index (χ1n) is 10.7. The minimum Gasteiger partial charge on any atom is -0.462 e. The van der Waals surface area contributed by atoms with E-state index in [0.717, 1.165) is 6.42 Å². The Kier molecular flexibility index (Phi) is 6.64. The predicted molar refractivity (Wildman–Crippen MR) is 121 cm³/mol. The molecule has 0 bridgehead atoms. The van der Waals surface area contributed by atoms with Gasteiger partial charge in [0.25, 0.3) is 8.32 Å². The van der Waals surface area contributed by atoms with E-state index in [0.29, 0.717) is 18.9 Å². The van der Waals surface area contributed by atoms with Gasteiger partial charge in [-0.2, -0.15) is 0 Å². The fourth-order valence-electron chi connectivity index (χ4n) is 4.63. The van der Waals surface area contributed by atoms with Crippen LogP contribution in [0.3, 0.4) is 0 Å². The maximum absolute atomic E-state index is 11.9. The molecule has 3 atom stereocenters. The van der Waals surface area contributed by atoms with Gasteiger partial charge in [0.05, 0.1) is 0 Å². The highest BCUT2D eigenvalue weighted by Crippen LogP contribution is 2.37. The van der Waals surface area contributed by atoms with Crippen molar-refractivity contribution in [3.05, 3.63) is 60.7 Å². The largest absolute Gasteiger partial charge is 0.462 e. The van der Waals surface area contributed by atoms with Crippen molar-refractivity contribution < 1.29 is 14.0 Å². The molecule has 29 heavy (non-hydrogen) atoms. The molecule has 0 N–H and O–H groups in total. The smallest absolute Gasteiger partial charge is 0.306 e. The van der Waals surface area contributed by atoms with Crippen LogP contribution in [-0.4, -0.2) is 27.0 Å². The zero-order valence-corrected chi connectivity index (χ0v) is 19.4. The Hall–Kier alpha value is -1.91. The summed E-state index contributed by atoms with van der Waals surface area (Å²) < 4.78 is 12.7. The molecule has 0 radical (unpaired) electrons. The fourth-order valence-corrected chi connectivity index (χ4v) is 9.29. The van der Waals surface area contributed by atoms with Crippen molar-refractivity contribution in [3.8, 4) is 0 Å². The third-order valence-corrected chi connectivity index (χ3v) is 11.2. The molecule has 1 aliphatic rings. The number of ether oxygens (including phenoxy) is 1. The van der Waals surface area contributed by atoms with Crippen LogP contribution in [0, 0.1) is 11.8 Å². The average Bonchev–Trinajstić information content (AvgIpc) is 2.70. The molecule has 0 aromatic heterocycles. The third kappa shape index (κ3) is 4.49. The van der Waals surface area contributed by atoms with Crippen LogP contribution in [-0.2, 0) is 14.0 Å². The fraction of sp³-hybridized carbons (Fsp3) is 0.480. The Morgan fingerprint density at radius 3 is 2.03 bits per heavy atom. The lowest BCUT2D eigenvalue weighted by Crippen LogP contribution is -2.67. The lowest BCUT2D eigenvalue weighted by molar-refractivity contribution is -0.162. The van der Waals surface area contributed by atoms with Crippen molar-refractivity contribution in [3.63, 3.8) is 0 Å². The lowest BCUT2D eigenvalue weighted by Gasteiger charge is -2.44. The number of cyclic esters (lactones) is 1. The second-order valence-corrected chi connectivity index (χ2v) is 13.7. The molecule has 0 aliphatic carbocycles. The molecule has 1 fully saturated rings. The third-order valence-electron chi connectivity index (χ3n) is 6.17. The number of rotatable bonds is 6. The minimum absolute atomic E-state index is 0.0513. The van der Waals surface area contributed by atoms with Gasteiger partial charge >= 0.3 is 5.97 Å². The second-order valence-electron chi connectivity index (χ2n) is 9.42. The van der Waals surface area contributed by atoms with Gasteiger partial charge in [-0.3, -0.25) is 4.79 Å². The van der Waals surface area contributed by atoms with Gasteiger partial charge < -0.3 is 9.16 Å². The van der Waals surface area contributed by atoms with Crippen LogP contribution in [0.4, 0.5) is 0 Å². The molecule has 0 spiro atoms. The van der Waals surface area contributed by atoms with Gasteiger partial charge in [-0.05, 0) is 27.8 Å². The molecule has 1 heterocycles. The summed E-state index contributed by atoms with van der Waals surface area (Å²) in [5.41, 5.74) is 0. The summed E-state index contributed by atoms with van der Waals surface area (Å²) in [7, 11) is -2.56. The minimum atomic E-state index is -2.56. The first-order valence-corrected chi connectivity index (χ1v) is 12.6. The van der Waals surface area contributed by atoms with E-state index in [1.54, 1.807) is 0 Å². The summed E-state index contributed by atoms with van der Waals surface area (Å²) in [4.78, 5) is 11.9. The zero-order valence-electron chi connectivity index (χ0n) is 18.4. The first-order chi connectivity index (χ1) is 13.8. The maximum atomic E-state index is 11.9. The summed E-state index contributed by atoms with van der Waals surface area (Å²) in [5, 5.41) is 2.50. The van der Waals surface area contributed by atoms with Crippen molar-refractivity contribution in [1.29, 1.82) is 0 Å². The van der Waals surface area contributed by atoms with Crippen molar-refractivity contribution in [2.24, 2.45) is 11.8 Å². The molecule has 3 rings (SSSR count). The standard InChI is InChI=1S/C25H34O3Si/c1-19-16-17-23(26)28-24(19)20(2)18-27-29(25(3,4)5,21-12-8-6-9-13-21)22-14-10-7-11-15-22/h6-15,19-20,24H,16-18H2,1-5H3/t19-,20-,24-/m0/s1. The Bertz CT molecular complexity index is 758. The van der Waals surface area contributed by atoms with Gasteiger partial charge in [0.15, 0.2) is 0 Å². The molecule has 3 nitrogen and oxygen atoms in total. The molecular formula is C25H34O3Si. The molecule has 4 heteroatoms. The SMILES string of the molecule is C[C@H]1CCC(=O)O[C@@H]1[C@@H](C)CO[Si](c1ccccc1)(c1ccccc1)C(C)(C)C. The second kappa shape index (κ2) is 8.84. The monoisotopic (exact) mass is 410 g/mol. The normalized spacial score (nSPS) is 21.5. The number of carbonyl (C=O) groups excluding carboxylic acids is 1. The molecule has 0 unspecified atom stereocenters. The number of esters is 1. The summed E-state index contributed by atoms with van der Waals surface area (Å²) in [6.45, 7) is 11.8. The topological polar surface area (TPSA) is 35.5 Å². The summed E-state index contributed by atoms with van der Waals surface area (Å²) >= 11 is 0. The van der Waals surface area contributed by atoms with Crippen molar-refractivity contribution in [2.45, 2.75) is 58.6 Å². The molecule has 156 valence electrons. The van der Waals surface area contributed by atoms with Crippen LogP contribution >= 0.6 is 0 Å². The van der Waals surface area contributed by atoms with E-state index in [1.807, 2.05) is 0 Å². The highest BCUT2D eigenvalue weighted by Gasteiger charge is 2.50. The highest BCUT2D eigenvalue weighted by atomic mass is 28.4. The lowest BCUT2D eigenvalue weighted by atomic mass is 9.88. The van der Waals surface area contributed by atoms with Crippen LogP contribution < -0.4 is 10.4 Å². The van der Waals surface area contributed by atoms with Gasteiger partial charge in [0.1, 0.15) is 6.10 Å².